The Balaban J connectivity index is 1.53. The number of amides is 1. The van der Waals surface area contributed by atoms with Gasteiger partial charge in [0, 0.05) is 5.56 Å². The van der Waals surface area contributed by atoms with E-state index in [2.05, 4.69) is 15.5 Å². The number of methoxy groups -OCH3 is 1. The molecule has 0 aliphatic carbocycles. The summed E-state index contributed by atoms with van der Waals surface area (Å²) in [5.74, 6) is 1.52. The van der Waals surface area contributed by atoms with Crippen LogP contribution in [0.15, 0.2) is 53.1 Å². The Morgan fingerprint density at radius 1 is 1.23 bits per heavy atom. The Labute approximate surface area is 154 Å². The maximum absolute atomic E-state index is 11.9. The third kappa shape index (κ3) is 4.52. The molecule has 3 rings (SSSR count). The molecule has 1 heterocycles. The zero-order valence-electron chi connectivity index (χ0n) is 13.9. The van der Waals surface area contributed by atoms with Gasteiger partial charge in [-0.05, 0) is 24.3 Å². The number of nitrogens with one attached hydrogen (secondary N) is 1. The Bertz CT molecular complexity index is 897. The van der Waals surface area contributed by atoms with Gasteiger partial charge in [-0.25, -0.2) is 0 Å². The molecule has 0 saturated heterocycles. The molecule has 0 unspecified atom stereocenters. The summed E-state index contributed by atoms with van der Waals surface area (Å²) < 4.78 is 15.7. The van der Waals surface area contributed by atoms with Crippen LogP contribution in [0.3, 0.4) is 0 Å². The molecule has 0 radical (unpaired) electrons. The highest BCUT2D eigenvalue weighted by molar-refractivity contribution is 6.32. The summed E-state index contributed by atoms with van der Waals surface area (Å²) in [5, 5.41) is 7.00. The van der Waals surface area contributed by atoms with E-state index in [0.717, 1.165) is 5.56 Å². The van der Waals surface area contributed by atoms with Crippen LogP contribution in [0.2, 0.25) is 5.02 Å². The predicted octanol–water partition coefficient (Wildman–Crippen LogP) is 3.09. The van der Waals surface area contributed by atoms with Crippen molar-refractivity contribution in [2.75, 3.05) is 13.7 Å². The average Bonchev–Trinajstić information content (AvgIpc) is 3.15. The quantitative estimate of drug-likeness (QED) is 0.684. The molecule has 0 atom stereocenters. The average molecular weight is 374 g/mol. The maximum atomic E-state index is 11.9. The van der Waals surface area contributed by atoms with Gasteiger partial charge in [0.2, 0.25) is 11.7 Å². The second-order valence-corrected chi connectivity index (χ2v) is 5.65. The molecule has 8 heteroatoms. The van der Waals surface area contributed by atoms with Crippen molar-refractivity contribution >= 4 is 17.5 Å². The minimum Gasteiger partial charge on any atom is -0.497 e. The number of aromatic nitrogens is 2. The molecule has 0 aliphatic rings. The van der Waals surface area contributed by atoms with Crippen LogP contribution in [0.25, 0.3) is 11.4 Å². The molecular formula is C18H16ClN3O4. The summed E-state index contributed by atoms with van der Waals surface area (Å²) in [4.78, 5) is 16.1. The van der Waals surface area contributed by atoms with Crippen LogP contribution in [0.5, 0.6) is 11.5 Å². The number of para-hydroxylation sites is 1. The highest BCUT2D eigenvalue weighted by Crippen LogP contribution is 2.23. The fourth-order valence-corrected chi connectivity index (χ4v) is 2.33. The Morgan fingerprint density at radius 3 is 2.88 bits per heavy atom. The number of nitrogens with zero attached hydrogens (tertiary/aromatic N) is 2. The number of hydrogen-bond acceptors (Lipinski definition) is 6. The largest absolute Gasteiger partial charge is 0.497 e. The molecule has 7 nitrogen and oxygen atoms in total. The fourth-order valence-electron chi connectivity index (χ4n) is 2.14. The summed E-state index contributed by atoms with van der Waals surface area (Å²) in [5.41, 5.74) is 0.757. The third-order valence-electron chi connectivity index (χ3n) is 3.43. The highest BCUT2D eigenvalue weighted by atomic mass is 35.5. The van der Waals surface area contributed by atoms with Gasteiger partial charge >= 0.3 is 0 Å². The molecule has 0 aliphatic heterocycles. The van der Waals surface area contributed by atoms with Crippen LogP contribution < -0.4 is 14.8 Å². The lowest BCUT2D eigenvalue weighted by Crippen LogP contribution is -2.28. The lowest BCUT2D eigenvalue weighted by atomic mass is 10.2. The predicted molar refractivity (Wildman–Crippen MR) is 95.1 cm³/mol. The second-order valence-electron chi connectivity index (χ2n) is 5.24. The first-order valence-corrected chi connectivity index (χ1v) is 8.14. The molecular weight excluding hydrogens is 358 g/mol. The first-order chi connectivity index (χ1) is 12.7. The van der Waals surface area contributed by atoms with Gasteiger partial charge in [-0.3, -0.25) is 4.79 Å². The van der Waals surface area contributed by atoms with E-state index >= 15 is 0 Å². The number of halogens is 1. The van der Waals surface area contributed by atoms with Crippen molar-refractivity contribution in [1.82, 2.24) is 15.5 Å². The molecule has 3 aromatic rings. The van der Waals surface area contributed by atoms with E-state index in [1.807, 2.05) is 18.2 Å². The van der Waals surface area contributed by atoms with Gasteiger partial charge in [-0.1, -0.05) is 41.0 Å². The minimum atomic E-state index is -0.328. The maximum Gasteiger partial charge on any atom is 0.258 e. The molecule has 134 valence electrons. The minimum absolute atomic E-state index is 0.0989. The first-order valence-electron chi connectivity index (χ1n) is 7.77. The molecule has 2 aromatic carbocycles. The Kier molecular flexibility index (Phi) is 5.70. The van der Waals surface area contributed by atoms with Gasteiger partial charge in [-0.15, -0.1) is 0 Å². The SMILES string of the molecule is COc1cccc(-c2noc(CNC(=O)COc3ccccc3Cl)n2)c1. The molecule has 0 bridgehead atoms. The van der Waals surface area contributed by atoms with E-state index < -0.39 is 0 Å². The van der Waals surface area contributed by atoms with Crippen LogP contribution in [-0.2, 0) is 11.3 Å². The number of benzene rings is 2. The second kappa shape index (κ2) is 8.35. The van der Waals surface area contributed by atoms with E-state index in [1.54, 1.807) is 37.4 Å². The lowest BCUT2D eigenvalue weighted by molar-refractivity contribution is -0.123. The summed E-state index contributed by atoms with van der Waals surface area (Å²) >= 11 is 5.96. The Hall–Kier alpha value is -3.06. The van der Waals surface area contributed by atoms with E-state index in [-0.39, 0.29) is 24.9 Å². The lowest BCUT2D eigenvalue weighted by Gasteiger charge is -2.07. The van der Waals surface area contributed by atoms with Crippen LogP contribution >= 0.6 is 11.6 Å². The van der Waals surface area contributed by atoms with Crippen LogP contribution in [0.1, 0.15) is 5.89 Å². The van der Waals surface area contributed by atoms with Crippen molar-refractivity contribution in [1.29, 1.82) is 0 Å². The van der Waals surface area contributed by atoms with E-state index in [0.29, 0.717) is 22.3 Å². The number of carbonyl (C=O) groups is 1. The fraction of sp³-hybridized carbons (Fsp3) is 0.167. The van der Waals surface area contributed by atoms with E-state index in [4.69, 9.17) is 25.6 Å². The number of carbonyl (C=O) groups excluding carboxylic acids is 1. The normalized spacial score (nSPS) is 10.4. The van der Waals surface area contributed by atoms with Gasteiger partial charge in [0.05, 0.1) is 18.7 Å². The summed E-state index contributed by atoms with van der Waals surface area (Å²) in [6, 6.07) is 14.2. The standard InChI is InChI=1S/C18H16ClN3O4/c1-24-13-6-4-5-12(9-13)18-21-17(26-22-18)10-20-16(23)11-25-15-8-3-2-7-14(15)19/h2-9H,10-11H2,1H3,(H,20,23). The van der Waals surface area contributed by atoms with Crippen molar-refractivity contribution in [2.45, 2.75) is 6.54 Å². The monoisotopic (exact) mass is 373 g/mol. The first kappa shape index (κ1) is 17.8. The van der Waals surface area contributed by atoms with Crippen molar-refractivity contribution in [2.24, 2.45) is 0 Å². The zero-order valence-corrected chi connectivity index (χ0v) is 14.7. The summed E-state index contributed by atoms with van der Waals surface area (Å²) in [6.45, 7) is -0.0672. The van der Waals surface area contributed by atoms with Gasteiger partial charge < -0.3 is 19.3 Å². The molecule has 0 saturated carbocycles. The zero-order chi connectivity index (χ0) is 18.4. The van der Waals surface area contributed by atoms with Crippen molar-refractivity contribution in [3.05, 3.63) is 59.4 Å². The topological polar surface area (TPSA) is 86.5 Å². The van der Waals surface area contributed by atoms with E-state index in [9.17, 15) is 4.79 Å². The van der Waals surface area contributed by atoms with Crippen LogP contribution in [0.4, 0.5) is 0 Å². The van der Waals surface area contributed by atoms with Gasteiger partial charge in [0.15, 0.2) is 6.61 Å². The van der Waals surface area contributed by atoms with Gasteiger partial charge in [0.1, 0.15) is 11.5 Å². The molecule has 26 heavy (non-hydrogen) atoms. The Morgan fingerprint density at radius 2 is 2.08 bits per heavy atom. The number of ether oxygens (including phenoxy) is 2. The van der Waals surface area contributed by atoms with Crippen molar-refractivity contribution < 1.29 is 18.8 Å². The molecule has 1 aromatic heterocycles. The molecule has 1 N–H and O–H groups in total. The molecule has 0 fully saturated rings. The smallest absolute Gasteiger partial charge is 0.258 e. The summed E-state index contributed by atoms with van der Waals surface area (Å²) in [6.07, 6.45) is 0. The third-order valence-corrected chi connectivity index (χ3v) is 3.74. The van der Waals surface area contributed by atoms with Crippen molar-refractivity contribution in [3.63, 3.8) is 0 Å². The van der Waals surface area contributed by atoms with Gasteiger partial charge in [-0.2, -0.15) is 4.98 Å². The number of rotatable bonds is 7. The number of hydrogen-bond donors (Lipinski definition) is 1. The molecule has 1 amide bonds. The molecule has 0 spiro atoms. The van der Waals surface area contributed by atoms with Gasteiger partial charge in [0.25, 0.3) is 5.91 Å². The van der Waals surface area contributed by atoms with E-state index in [1.165, 1.54) is 0 Å². The van der Waals surface area contributed by atoms with Crippen molar-refractivity contribution in [3.8, 4) is 22.9 Å². The highest BCUT2D eigenvalue weighted by Gasteiger charge is 2.11. The summed E-state index contributed by atoms with van der Waals surface area (Å²) in [7, 11) is 1.58. The van der Waals surface area contributed by atoms with Crippen LogP contribution in [0, 0.1) is 0 Å². The van der Waals surface area contributed by atoms with Crippen LogP contribution in [-0.4, -0.2) is 29.8 Å².